The van der Waals surface area contributed by atoms with Gasteiger partial charge < -0.3 is 24.8 Å². The van der Waals surface area contributed by atoms with E-state index in [4.69, 9.17) is 19.2 Å². The molecule has 1 aromatic heterocycles. The molecule has 5 rings (SSSR count). The molecule has 0 atom stereocenters. The lowest BCUT2D eigenvalue weighted by atomic mass is 10.1. The lowest BCUT2D eigenvalue weighted by Gasteiger charge is -2.26. The predicted molar refractivity (Wildman–Crippen MR) is 145 cm³/mol. The molecule has 0 saturated carbocycles. The van der Waals surface area contributed by atoms with Gasteiger partial charge in [-0.3, -0.25) is 4.90 Å². The van der Waals surface area contributed by atoms with E-state index in [1.54, 1.807) is 6.20 Å². The Morgan fingerprint density at radius 1 is 1.03 bits per heavy atom. The maximum atomic E-state index is 9.73. The normalized spacial score (nSPS) is 16.6. The summed E-state index contributed by atoms with van der Waals surface area (Å²) in [5.74, 6) is 1.10. The van der Waals surface area contributed by atoms with Gasteiger partial charge in [0.2, 0.25) is 5.95 Å². The van der Waals surface area contributed by atoms with Crippen LogP contribution < -0.4 is 15.4 Å². The van der Waals surface area contributed by atoms with Crippen LogP contribution in [0.15, 0.2) is 54.7 Å². The molecular weight excluding hydrogens is 480 g/mol. The van der Waals surface area contributed by atoms with E-state index in [9.17, 15) is 5.26 Å². The van der Waals surface area contributed by atoms with Gasteiger partial charge >= 0.3 is 0 Å². The lowest BCUT2D eigenvalue weighted by molar-refractivity contribution is 0.0254. The molecule has 9 nitrogen and oxygen atoms in total. The molecule has 2 fully saturated rings. The average molecular weight is 515 g/mol. The number of morpholine rings is 1. The van der Waals surface area contributed by atoms with E-state index in [2.05, 4.69) is 38.7 Å². The van der Waals surface area contributed by atoms with Gasteiger partial charge in [0, 0.05) is 63.0 Å². The summed E-state index contributed by atoms with van der Waals surface area (Å²) in [5.41, 5.74) is 4.18. The SMILES string of the molecule is N#Cc1cc(-c2ccnc(Nc3cccc(CNCCN4CCOCC4)c3)n2)ccc1OC1CCOCC1. The van der Waals surface area contributed by atoms with Crippen molar-refractivity contribution in [2.75, 3.05) is 57.9 Å². The number of nitrogens with one attached hydrogen (secondary N) is 2. The van der Waals surface area contributed by atoms with E-state index in [0.717, 1.165) is 75.7 Å². The Kier molecular flexibility index (Phi) is 9.13. The summed E-state index contributed by atoms with van der Waals surface area (Å²) in [5, 5.41) is 16.6. The van der Waals surface area contributed by atoms with E-state index in [-0.39, 0.29) is 6.10 Å². The highest BCUT2D eigenvalue weighted by atomic mass is 16.5. The van der Waals surface area contributed by atoms with Crippen LogP contribution in [0.2, 0.25) is 0 Å². The minimum Gasteiger partial charge on any atom is -0.489 e. The fraction of sp³-hybridized carbons (Fsp3) is 0.414. The zero-order valence-electron chi connectivity index (χ0n) is 21.6. The smallest absolute Gasteiger partial charge is 0.227 e. The Bertz CT molecular complexity index is 1230. The molecular formula is C29H34N6O3. The second kappa shape index (κ2) is 13.3. The third kappa shape index (κ3) is 7.27. The summed E-state index contributed by atoms with van der Waals surface area (Å²) < 4.78 is 16.9. The molecule has 38 heavy (non-hydrogen) atoms. The molecule has 0 bridgehead atoms. The molecule has 0 amide bonds. The number of aromatic nitrogens is 2. The number of hydrogen-bond donors (Lipinski definition) is 2. The first-order valence-electron chi connectivity index (χ1n) is 13.3. The minimum atomic E-state index is 0.0762. The molecule has 3 aromatic rings. The fourth-order valence-electron chi connectivity index (χ4n) is 4.62. The first-order chi connectivity index (χ1) is 18.8. The van der Waals surface area contributed by atoms with E-state index >= 15 is 0 Å². The average Bonchev–Trinajstić information content (AvgIpc) is 2.97. The second-order valence-electron chi connectivity index (χ2n) is 9.47. The Hall–Kier alpha value is -3.55. The minimum absolute atomic E-state index is 0.0762. The number of anilines is 2. The number of benzene rings is 2. The monoisotopic (exact) mass is 514 g/mol. The van der Waals surface area contributed by atoms with Crippen molar-refractivity contribution in [1.29, 1.82) is 5.26 Å². The van der Waals surface area contributed by atoms with Crippen LogP contribution in [0.3, 0.4) is 0 Å². The van der Waals surface area contributed by atoms with Crippen LogP contribution in [0.25, 0.3) is 11.3 Å². The van der Waals surface area contributed by atoms with Gasteiger partial charge in [0.05, 0.1) is 37.7 Å². The number of nitrogens with zero attached hydrogens (tertiary/aromatic N) is 4. The highest BCUT2D eigenvalue weighted by Crippen LogP contribution is 2.28. The molecule has 0 radical (unpaired) electrons. The highest BCUT2D eigenvalue weighted by molar-refractivity contribution is 5.66. The third-order valence-electron chi connectivity index (χ3n) is 6.73. The Morgan fingerprint density at radius 2 is 1.87 bits per heavy atom. The molecule has 9 heteroatoms. The summed E-state index contributed by atoms with van der Waals surface area (Å²) in [4.78, 5) is 11.5. The maximum Gasteiger partial charge on any atom is 0.227 e. The van der Waals surface area contributed by atoms with Crippen molar-refractivity contribution in [3.63, 3.8) is 0 Å². The Morgan fingerprint density at radius 3 is 2.71 bits per heavy atom. The van der Waals surface area contributed by atoms with E-state index in [0.29, 0.717) is 30.5 Å². The number of nitriles is 1. The van der Waals surface area contributed by atoms with Crippen LogP contribution in [0, 0.1) is 11.3 Å². The van der Waals surface area contributed by atoms with Crippen LogP contribution in [-0.2, 0) is 16.0 Å². The van der Waals surface area contributed by atoms with Crippen molar-refractivity contribution in [3.8, 4) is 23.1 Å². The van der Waals surface area contributed by atoms with Crippen molar-refractivity contribution in [3.05, 3.63) is 65.9 Å². The van der Waals surface area contributed by atoms with Gasteiger partial charge in [-0.2, -0.15) is 5.26 Å². The van der Waals surface area contributed by atoms with Crippen LogP contribution in [0.4, 0.5) is 11.6 Å². The van der Waals surface area contributed by atoms with Crippen molar-refractivity contribution in [2.45, 2.75) is 25.5 Å². The molecule has 2 aliphatic rings. The topological polar surface area (TPSA) is 105 Å². The maximum absolute atomic E-state index is 9.73. The molecule has 3 heterocycles. The molecule has 2 N–H and O–H groups in total. The largest absolute Gasteiger partial charge is 0.489 e. The first-order valence-corrected chi connectivity index (χ1v) is 13.3. The highest BCUT2D eigenvalue weighted by Gasteiger charge is 2.17. The van der Waals surface area contributed by atoms with Crippen LogP contribution in [0.5, 0.6) is 5.75 Å². The summed E-state index contributed by atoms with van der Waals surface area (Å²) in [6, 6.07) is 18.0. The number of rotatable bonds is 10. The molecule has 0 spiro atoms. The molecule has 198 valence electrons. The van der Waals surface area contributed by atoms with E-state index in [1.165, 1.54) is 5.56 Å². The van der Waals surface area contributed by atoms with E-state index < -0.39 is 0 Å². The van der Waals surface area contributed by atoms with Crippen molar-refractivity contribution >= 4 is 11.6 Å². The van der Waals surface area contributed by atoms with Gasteiger partial charge in [0.1, 0.15) is 17.9 Å². The molecule has 0 unspecified atom stereocenters. The summed E-state index contributed by atoms with van der Waals surface area (Å²) in [6.45, 7) is 7.80. The third-order valence-corrected chi connectivity index (χ3v) is 6.73. The first kappa shape index (κ1) is 26.1. The van der Waals surface area contributed by atoms with Crippen molar-refractivity contribution in [1.82, 2.24) is 20.2 Å². The zero-order valence-corrected chi connectivity index (χ0v) is 21.6. The standard InChI is InChI=1S/C29H34N6O3/c30-20-24-19-23(4-5-28(24)38-26-7-14-36-15-8-26)27-6-9-32-29(34-27)33-25-3-1-2-22(18-25)21-31-10-11-35-12-16-37-17-13-35/h1-6,9,18-19,26,31H,7-8,10-17,21H2,(H,32,33,34). The lowest BCUT2D eigenvalue weighted by Crippen LogP contribution is -2.40. The van der Waals surface area contributed by atoms with E-state index in [1.807, 2.05) is 36.4 Å². The molecule has 2 aliphatic heterocycles. The van der Waals surface area contributed by atoms with Crippen molar-refractivity contribution < 1.29 is 14.2 Å². The quantitative estimate of drug-likeness (QED) is 0.392. The summed E-state index contributed by atoms with van der Waals surface area (Å²) in [6.07, 6.45) is 3.46. The summed E-state index contributed by atoms with van der Waals surface area (Å²) >= 11 is 0. The second-order valence-corrected chi connectivity index (χ2v) is 9.47. The number of hydrogen-bond acceptors (Lipinski definition) is 9. The van der Waals surface area contributed by atoms with Gasteiger partial charge in [-0.25, -0.2) is 9.97 Å². The Balaban J connectivity index is 1.19. The number of ether oxygens (including phenoxy) is 3. The van der Waals surface area contributed by atoms with Gasteiger partial charge in [0.25, 0.3) is 0 Å². The zero-order chi connectivity index (χ0) is 26.0. The molecule has 2 aromatic carbocycles. The molecule has 2 saturated heterocycles. The Labute approximate surface area is 223 Å². The van der Waals surface area contributed by atoms with Gasteiger partial charge in [-0.05, 0) is 42.0 Å². The van der Waals surface area contributed by atoms with Crippen LogP contribution in [0.1, 0.15) is 24.0 Å². The van der Waals surface area contributed by atoms with Gasteiger partial charge in [0.15, 0.2) is 0 Å². The van der Waals surface area contributed by atoms with Gasteiger partial charge in [-0.1, -0.05) is 12.1 Å². The summed E-state index contributed by atoms with van der Waals surface area (Å²) in [7, 11) is 0. The predicted octanol–water partition coefficient (Wildman–Crippen LogP) is 3.74. The van der Waals surface area contributed by atoms with Crippen molar-refractivity contribution in [2.24, 2.45) is 0 Å². The fourth-order valence-corrected chi connectivity index (χ4v) is 4.62. The van der Waals surface area contributed by atoms with Crippen LogP contribution >= 0.6 is 0 Å². The van der Waals surface area contributed by atoms with Crippen LogP contribution in [-0.4, -0.2) is 73.6 Å². The molecule has 0 aliphatic carbocycles. The van der Waals surface area contributed by atoms with Gasteiger partial charge in [-0.15, -0.1) is 0 Å².